The number of ether oxygens (including phenoxy) is 1. The number of carbonyl (C=O) groups is 2. The predicted molar refractivity (Wildman–Crippen MR) is 72.7 cm³/mol. The second-order valence-corrected chi connectivity index (χ2v) is 5.80. The molecular weight excluding hydrogens is 302 g/mol. The smallest absolute Gasteiger partial charge is 0.359 e. The third kappa shape index (κ3) is 6.96. The van der Waals surface area contributed by atoms with Crippen molar-refractivity contribution in [2.45, 2.75) is 43.5 Å². The van der Waals surface area contributed by atoms with Crippen molar-refractivity contribution in [2.75, 3.05) is 20.6 Å². The molecule has 0 spiro atoms. The van der Waals surface area contributed by atoms with Crippen LogP contribution in [-0.4, -0.2) is 47.1 Å². The lowest BCUT2D eigenvalue weighted by atomic mass is 10.2. The number of halogens is 1. The summed E-state index contributed by atoms with van der Waals surface area (Å²) in [6.07, 6.45) is 2.71. The highest BCUT2D eigenvalue weighted by molar-refractivity contribution is 9.10. The molecule has 0 bridgehead atoms. The first-order chi connectivity index (χ1) is 8.31. The normalized spacial score (nSPS) is 14.3. The summed E-state index contributed by atoms with van der Waals surface area (Å²) in [5.74, 6) is -1.63. The zero-order valence-corrected chi connectivity index (χ0v) is 12.8. The minimum atomic E-state index is -1.57. The largest absolute Gasteiger partial charge is 0.478 e. The third-order valence-corrected chi connectivity index (χ3v) is 3.30. The van der Waals surface area contributed by atoms with Gasteiger partial charge in [0, 0.05) is 12.8 Å². The minimum absolute atomic E-state index is 0.248. The Morgan fingerprint density at radius 1 is 1.33 bits per heavy atom. The molecule has 106 valence electrons. The van der Waals surface area contributed by atoms with Gasteiger partial charge >= 0.3 is 11.9 Å². The quantitative estimate of drug-likeness (QED) is 0.400. The SMILES string of the molecule is CCCC(Br)(OC(=O)CCCCN(C)C)C(=O)O. The van der Waals surface area contributed by atoms with Gasteiger partial charge in [-0.05, 0) is 49.4 Å². The van der Waals surface area contributed by atoms with Gasteiger partial charge in [0.15, 0.2) is 0 Å². The van der Waals surface area contributed by atoms with Gasteiger partial charge in [0.05, 0.1) is 0 Å². The lowest BCUT2D eigenvalue weighted by Gasteiger charge is -2.22. The van der Waals surface area contributed by atoms with Crippen LogP contribution in [0.4, 0.5) is 0 Å². The Morgan fingerprint density at radius 3 is 2.39 bits per heavy atom. The summed E-state index contributed by atoms with van der Waals surface area (Å²) in [5, 5.41) is 9.03. The van der Waals surface area contributed by atoms with Crippen molar-refractivity contribution >= 4 is 27.9 Å². The van der Waals surface area contributed by atoms with Crippen LogP contribution in [0.25, 0.3) is 0 Å². The molecule has 0 fully saturated rings. The molecule has 0 saturated carbocycles. The van der Waals surface area contributed by atoms with E-state index in [0.717, 1.165) is 13.0 Å². The molecule has 6 heteroatoms. The highest BCUT2D eigenvalue weighted by atomic mass is 79.9. The van der Waals surface area contributed by atoms with Gasteiger partial charge in [-0.15, -0.1) is 0 Å². The number of aliphatic carboxylic acids is 1. The molecule has 0 rings (SSSR count). The molecular formula is C12H22BrNO4. The summed E-state index contributed by atoms with van der Waals surface area (Å²) < 4.78 is 3.44. The molecule has 1 unspecified atom stereocenters. The Bertz CT molecular complexity index is 283. The number of alkyl halides is 1. The molecule has 0 aromatic carbocycles. The summed E-state index contributed by atoms with van der Waals surface area (Å²) >= 11 is 2.99. The molecule has 0 amide bonds. The Balaban J connectivity index is 4.07. The molecule has 0 aliphatic carbocycles. The van der Waals surface area contributed by atoms with E-state index in [-0.39, 0.29) is 12.8 Å². The Labute approximate surface area is 117 Å². The molecule has 0 saturated heterocycles. The Hall–Kier alpha value is -0.620. The number of nitrogens with zero attached hydrogens (tertiary/aromatic N) is 1. The van der Waals surface area contributed by atoms with Crippen molar-refractivity contribution in [3.05, 3.63) is 0 Å². The topological polar surface area (TPSA) is 66.8 Å². The molecule has 1 N–H and O–H groups in total. The number of rotatable bonds is 9. The summed E-state index contributed by atoms with van der Waals surface area (Å²) in [6.45, 7) is 2.74. The van der Waals surface area contributed by atoms with Crippen LogP contribution < -0.4 is 0 Å². The molecule has 0 aliphatic heterocycles. The third-order valence-electron chi connectivity index (χ3n) is 2.40. The van der Waals surface area contributed by atoms with E-state index in [9.17, 15) is 9.59 Å². The molecule has 0 aromatic heterocycles. The number of unbranched alkanes of at least 4 members (excludes halogenated alkanes) is 1. The van der Waals surface area contributed by atoms with Crippen molar-refractivity contribution in [3.63, 3.8) is 0 Å². The van der Waals surface area contributed by atoms with E-state index in [1.807, 2.05) is 25.9 Å². The van der Waals surface area contributed by atoms with Crippen molar-refractivity contribution < 1.29 is 19.4 Å². The fraction of sp³-hybridized carbons (Fsp3) is 0.833. The van der Waals surface area contributed by atoms with Crippen LogP contribution in [0.3, 0.4) is 0 Å². The molecule has 5 nitrogen and oxygen atoms in total. The molecule has 0 aliphatic rings. The van der Waals surface area contributed by atoms with Gasteiger partial charge in [-0.25, -0.2) is 4.79 Å². The van der Waals surface area contributed by atoms with Gasteiger partial charge in [-0.2, -0.15) is 0 Å². The van der Waals surface area contributed by atoms with Gasteiger partial charge in [0.2, 0.25) is 0 Å². The fourth-order valence-corrected chi connectivity index (χ4v) is 2.03. The highest BCUT2D eigenvalue weighted by Gasteiger charge is 2.38. The van der Waals surface area contributed by atoms with Gasteiger partial charge in [0.1, 0.15) is 0 Å². The van der Waals surface area contributed by atoms with E-state index in [0.29, 0.717) is 12.8 Å². The fourth-order valence-electron chi connectivity index (χ4n) is 1.45. The van der Waals surface area contributed by atoms with Crippen molar-refractivity contribution in [2.24, 2.45) is 0 Å². The standard InChI is InChI=1S/C12H22BrNO4/c1-4-8-12(13,11(16)17)18-10(15)7-5-6-9-14(2)3/h4-9H2,1-3H3,(H,16,17). The zero-order valence-electron chi connectivity index (χ0n) is 11.2. The first-order valence-corrected chi connectivity index (χ1v) is 6.90. The van der Waals surface area contributed by atoms with Gasteiger partial charge < -0.3 is 14.7 Å². The van der Waals surface area contributed by atoms with Crippen LogP contribution in [0.15, 0.2) is 0 Å². The summed E-state index contributed by atoms with van der Waals surface area (Å²) in [6, 6.07) is 0. The van der Waals surface area contributed by atoms with Gasteiger partial charge in [-0.1, -0.05) is 13.3 Å². The zero-order chi connectivity index (χ0) is 14.2. The maximum Gasteiger partial charge on any atom is 0.359 e. The number of carboxylic acids is 1. The molecule has 18 heavy (non-hydrogen) atoms. The minimum Gasteiger partial charge on any atom is -0.478 e. The van der Waals surface area contributed by atoms with E-state index in [1.54, 1.807) is 0 Å². The van der Waals surface area contributed by atoms with Crippen molar-refractivity contribution in [1.29, 1.82) is 0 Å². The second-order valence-electron chi connectivity index (χ2n) is 4.52. The molecule has 1 atom stereocenters. The first kappa shape index (κ1) is 17.4. The monoisotopic (exact) mass is 323 g/mol. The lowest BCUT2D eigenvalue weighted by Crippen LogP contribution is -2.37. The molecule has 0 heterocycles. The molecule has 0 aromatic rings. The lowest BCUT2D eigenvalue weighted by molar-refractivity contribution is -0.167. The predicted octanol–water partition coefficient (Wildman–Crippen LogP) is 2.24. The van der Waals surface area contributed by atoms with E-state index in [4.69, 9.17) is 9.84 Å². The van der Waals surface area contributed by atoms with Gasteiger partial charge in [0.25, 0.3) is 4.51 Å². The average molecular weight is 324 g/mol. The average Bonchev–Trinajstić information content (AvgIpc) is 2.24. The first-order valence-electron chi connectivity index (χ1n) is 6.10. The summed E-state index contributed by atoms with van der Waals surface area (Å²) in [4.78, 5) is 24.6. The van der Waals surface area contributed by atoms with Crippen molar-refractivity contribution in [1.82, 2.24) is 4.90 Å². The maximum atomic E-state index is 11.6. The van der Waals surface area contributed by atoms with Crippen LogP contribution in [0, 0.1) is 0 Å². The highest BCUT2D eigenvalue weighted by Crippen LogP contribution is 2.27. The van der Waals surface area contributed by atoms with Crippen LogP contribution in [0.1, 0.15) is 39.0 Å². The second kappa shape index (κ2) is 8.48. The number of hydrogen-bond donors (Lipinski definition) is 1. The van der Waals surface area contributed by atoms with Crippen LogP contribution >= 0.6 is 15.9 Å². The van der Waals surface area contributed by atoms with E-state index >= 15 is 0 Å². The number of carboxylic acid groups (broad SMARTS) is 1. The molecule has 0 radical (unpaired) electrons. The van der Waals surface area contributed by atoms with Crippen LogP contribution in [-0.2, 0) is 14.3 Å². The van der Waals surface area contributed by atoms with Crippen LogP contribution in [0.2, 0.25) is 0 Å². The maximum absolute atomic E-state index is 11.6. The van der Waals surface area contributed by atoms with Crippen molar-refractivity contribution in [3.8, 4) is 0 Å². The summed E-state index contributed by atoms with van der Waals surface area (Å²) in [5.41, 5.74) is 0. The number of carbonyl (C=O) groups excluding carboxylic acids is 1. The number of hydrogen-bond acceptors (Lipinski definition) is 4. The van der Waals surface area contributed by atoms with Crippen LogP contribution in [0.5, 0.6) is 0 Å². The van der Waals surface area contributed by atoms with Gasteiger partial charge in [-0.3, -0.25) is 4.79 Å². The summed E-state index contributed by atoms with van der Waals surface area (Å²) in [7, 11) is 3.93. The van der Waals surface area contributed by atoms with E-state index < -0.39 is 16.4 Å². The Morgan fingerprint density at radius 2 is 1.94 bits per heavy atom. The Kier molecular flexibility index (Phi) is 8.18. The number of esters is 1. The van der Waals surface area contributed by atoms with E-state index in [2.05, 4.69) is 15.9 Å². The van der Waals surface area contributed by atoms with E-state index in [1.165, 1.54) is 0 Å².